The third-order valence-electron chi connectivity index (χ3n) is 2.07. The van der Waals surface area contributed by atoms with Crippen LogP contribution in [0.15, 0.2) is 16.5 Å². The van der Waals surface area contributed by atoms with E-state index in [1.54, 1.807) is 0 Å². The summed E-state index contributed by atoms with van der Waals surface area (Å²) in [4.78, 5) is 0. The zero-order valence-electron chi connectivity index (χ0n) is 8.34. The number of furan rings is 1. The van der Waals surface area contributed by atoms with E-state index in [4.69, 9.17) is 10.2 Å². The molecule has 1 aromatic heterocycles. The quantitative estimate of drug-likeness (QED) is 0.680. The first-order chi connectivity index (χ1) is 6.24. The fraction of sp³-hybridized carbons (Fsp3) is 0.600. The van der Waals surface area contributed by atoms with Crippen LogP contribution in [0.4, 0.5) is 0 Å². The zero-order valence-corrected chi connectivity index (χ0v) is 8.34. The molecule has 0 aliphatic carbocycles. The lowest BCUT2D eigenvalue weighted by atomic mass is 10.1. The summed E-state index contributed by atoms with van der Waals surface area (Å²) >= 11 is 0. The van der Waals surface area contributed by atoms with Crippen molar-refractivity contribution in [3.63, 3.8) is 0 Å². The minimum atomic E-state index is 0.0436. The topological polar surface area (TPSA) is 51.2 Å². The van der Waals surface area contributed by atoms with Crippen molar-refractivity contribution in [2.75, 3.05) is 13.6 Å². The smallest absolute Gasteiger partial charge is 0.120 e. The second-order valence-corrected chi connectivity index (χ2v) is 3.30. The van der Waals surface area contributed by atoms with Crippen LogP contribution in [0.5, 0.6) is 0 Å². The van der Waals surface area contributed by atoms with Crippen LogP contribution >= 0.6 is 0 Å². The molecular weight excluding hydrogens is 164 g/mol. The van der Waals surface area contributed by atoms with Gasteiger partial charge >= 0.3 is 0 Å². The maximum Gasteiger partial charge on any atom is 0.120 e. The monoisotopic (exact) mass is 182 g/mol. The highest BCUT2D eigenvalue weighted by atomic mass is 16.3. The molecule has 0 bridgehead atoms. The molecule has 0 amide bonds. The van der Waals surface area contributed by atoms with Crippen LogP contribution in [-0.4, -0.2) is 13.6 Å². The Morgan fingerprint density at radius 1 is 1.54 bits per heavy atom. The third-order valence-corrected chi connectivity index (χ3v) is 2.07. The summed E-state index contributed by atoms with van der Waals surface area (Å²) in [5, 5.41) is 3.09. The maximum atomic E-state index is 5.93. The number of rotatable bonds is 5. The van der Waals surface area contributed by atoms with Crippen molar-refractivity contribution in [1.29, 1.82) is 0 Å². The van der Waals surface area contributed by atoms with E-state index in [9.17, 15) is 0 Å². The lowest BCUT2D eigenvalue weighted by Gasteiger charge is -2.07. The van der Waals surface area contributed by atoms with Gasteiger partial charge in [0, 0.05) is 0 Å². The van der Waals surface area contributed by atoms with Gasteiger partial charge < -0.3 is 15.5 Å². The zero-order chi connectivity index (χ0) is 9.68. The summed E-state index contributed by atoms with van der Waals surface area (Å²) in [5.41, 5.74) is 5.93. The molecule has 3 N–H and O–H groups in total. The average molecular weight is 182 g/mol. The van der Waals surface area contributed by atoms with Gasteiger partial charge in [0.15, 0.2) is 0 Å². The highest BCUT2D eigenvalue weighted by Crippen LogP contribution is 2.17. The molecule has 3 heteroatoms. The summed E-state index contributed by atoms with van der Waals surface area (Å²) in [6.07, 6.45) is 2.05. The lowest BCUT2D eigenvalue weighted by molar-refractivity contribution is 0.428. The Labute approximate surface area is 79.3 Å². The molecule has 0 saturated heterocycles. The maximum absolute atomic E-state index is 5.93. The van der Waals surface area contributed by atoms with Gasteiger partial charge in [0.25, 0.3) is 0 Å². The highest BCUT2D eigenvalue weighted by molar-refractivity contribution is 5.08. The van der Waals surface area contributed by atoms with Crippen molar-refractivity contribution in [1.82, 2.24) is 5.32 Å². The largest absolute Gasteiger partial charge is 0.465 e. The van der Waals surface area contributed by atoms with E-state index >= 15 is 0 Å². The molecule has 0 aromatic carbocycles. The molecule has 0 radical (unpaired) electrons. The minimum Gasteiger partial charge on any atom is -0.465 e. The molecule has 1 unspecified atom stereocenters. The van der Waals surface area contributed by atoms with Crippen LogP contribution in [0.1, 0.15) is 30.4 Å². The highest BCUT2D eigenvalue weighted by Gasteiger charge is 2.08. The van der Waals surface area contributed by atoms with E-state index in [1.165, 1.54) is 0 Å². The Morgan fingerprint density at radius 3 is 2.85 bits per heavy atom. The number of nitrogens with one attached hydrogen (secondary N) is 1. The summed E-state index contributed by atoms with van der Waals surface area (Å²) in [6.45, 7) is 2.94. The molecule has 0 aliphatic rings. The Balaban J connectivity index is 2.35. The van der Waals surface area contributed by atoms with Gasteiger partial charge in [0.2, 0.25) is 0 Å². The van der Waals surface area contributed by atoms with Gasteiger partial charge in [-0.3, -0.25) is 0 Å². The van der Waals surface area contributed by atoms with Crippen molar-refractivity contribution >= 4 is 0 Å². The number of nitrogens with two attached hydrogens (primary N) is 1. The van der Waals surface area contributed by atoms with Gasteiger partial charge in [-0.05, 0) is 45.5 Å². The molecule has 3 nitrogen and oxygen atoms in total. The summed E-state index contributed by atoms with van der Waals surface area (Å²) < 4.78 is 5.43. The second kappa shape index (κ2) is 5.04. The summed E-state index contributed by atoms with van der Waals surface area (Å²) in [5.74, 6) is 1.83. The normalized spacial score (nSPS) is 13.2. The SMILES string of the molecule is CNCCCC(N)c1ccc(C)o1. The van der Waals surface area contributed by atoms with E-state index in [-0.39, 0.29) is 6.04 Å². The molecular formula is C10H18N2O. The Morgan fingerprint density at radius 2 is 2.31 bits per heavy atom. The number of aryl methyl sites for hydroxylation is 1. The molecule has 1 rings (SSSR count). The molecule has 1 heterocycles. The third kappa shape index (κ3) is 3.20. The molecule has 1 atom stereocenters. The van der Waals surface area contributed by atoms with Crippen LogP contribution in [0, 0.1) is 6.92 Å². The fourth-order valence-electron chi connectivity index (χ4n) is 1.29. The average Bonchev–Trinajstić information content (AvgIpc) is 2.52. The number of hydrogen-bond donors (Lipinski definition) is 2. The van der Waals surface area contributed by atoms with Gasteiger partial charge in [-0.1, -0.05) is 0 Å². The first-order valence-electron chi connectivity index (χ1n) is 4.70. The van der Waals surface area contributed by atoms with E-state index in [0.717, 1.165) is 30.9 Å². The van der Waals surface area contributed by atoms with Crippen LogP contribution in [-0.2, 0) is 0 Å². The predicted octanol–water partition coefficient (Wildman–Crippen LogP) is 1.59. The number of hydrogen-bond acceptors (Lipinski definition) is 3. The van der Waals surface area contributed by atoms with Crippen molar-refractivity contribution in [3.8, 4) is 0 Å². The first-order valence-corrected chi connectivity index (χ1v) is 4.70. The van der Waals surface area contributed by atoms with Crippen LogP contribution in [0.25, 0.3) is 0 Å². The summed E-state index contributed by atoms with van der Waals surface area (Å²) in [7, 11) is 1.95. The first kappa shape index (κ1) is 10.3. The molecule has 74 valence electrons. The van der Waals surface area contributed by atoms with Crippen LogP contribution in [0.2, 0.25) is 0 Å². The minimum absolute atomic E-state index is 0.0436. The van der Waals surface area contributed by atoms with E-state index in [1.807, 2.05) is 26.1 Å². The van der Waals surface area contributed by atoms with Crippen LogP contribution < -0.4 is 11.1 Å². The van der Waals surface area contributed by atoms with E-state index in [2.05, 4.69) is 5.32 Å². The predicted molar refractivity (Wildman–Crippen MR) is 53.5 cm³/mol. The summed E-state index contributed by atoms with van der Waals surface area (Å²) in [6, 6.07) is 3.95. The van der Waals surface area contributed by atoms with Crippen molar-refractivity contribution in [2.24, 2.45) is 5.73 Å². The van der Waals surface area contributed by atoms with Gasteiger partial charge in [-0.25, -0.2) is 0 Å². The van der Waals surface area contributed by atoms with Gasteiger partial charge in [0.05, 0.1) is 6.04 Å². The van der Waals surface area contributed by atoms with Crippen molar-refractivity contribution in [3.05, 3.63) is 23.7 Å². The molecule has 0 spiro atoms. The van der Waals surface area contributed by atoms with Crippen LogP contribution in [0.3, 0.4) is 0 Å². The Kier molecular flexibility index (Phi) is 3.99. The van der Waals surface area contributed by atoms with Gasteiger partial charge in [-0.15, -0.1) is 0 Å². The molecule has 0 saturated carbocycles. The standard InChI is InChI=1S/C10H18N2O/c1-8-5-6-10(13-8)9(11)4-3-7-12-2/h5-6,9,12H,3-4,7,11H2,1-2H3. The molecule has 1 aromatic rings. The van der Waals surface area contributed by atoms with Crippen molar-refractivity contribution in [2.45, 2.75) is 25.8 Å². The van der Waals surface area contributed by atoms with E-state index in [0.29, 0.717) is 0 Å². The second-order valence-electron chi connectivity index (χ2n) is 3.30. The van der Waals surface area contributed by atoms with Gasteiger partial charge in [0.1, 0.15) is 11.5 Å². The molecule has 0 fully saturated rings. The Hall–Kier alpha value is -0.800. The van der Waals surface area contributed by atoms with Crippen molar-refractivity contribution < 1.29 is 4.42 Å². The molecule has 13 heavy (non-hydrogen) atoms. The molecule has 0 aliphatic heterocycles. The van der Waals surface area contributed by atoms with Gasteiger partial charge in [-0.2, -0.15) is 0 Å². The Bertz CT molecular complexity index is 245. The fourth-order valence-corrected chi connectivity index (χ4v) is 1.29. The lowest BCUT2D eigenvalue weighted by Crippen LogP contribution is -2.13. The van der Waals surface area contributed by atoms with E-state index < -0.39 is 0 Å².